The molecule has 8 heteroatoms. The van der Waals surface area contributed by atoms with E-state index in [9.17, 15) is 0 Å². The van der Waals surface area contributed by atoms with Gasteiger partial charge in [-0.2, -0.15) is 10.1 Å². The van der Waals surface area contributed by atoms with Gasteiger partial charge in [0.1, 0.15) is 18.0 Å². The largest absolute Gasteiger partial charge is 0.481 e. The monoisotopic (exact) mass is 311 g/mol. The number of nitrogens with zero attached hydrogens (tertiary/aromatic N) is 6. The Bertz CT molecular complexity index is 810. The lowest BCUT2D eigenvalue weighted by molar-refractivity contribution is 0.397. The van der Waals surface area contributed by atoms with Crippen LogP contribution in [-0.2, 0) is 0 Å². The minimum atomic E-state index is 0.640. The summed E-state index contributed by atoms with van der Waals surface area (Å²) < 4.78 is 5.20. The molecule has 0 radical (unpaired) electrons. The number of rotatable bonds is 3. The molecular weight excluding hydrogens is 294 g/mol. The SMILES string of the molecule is COc1cccc(N2CCN(c3ncnc4[nH]ncc34)CC2)n1. The highest BCUT2D eigenvalue weighted by Crippen LogP contribution is 2.24. The Morgan fingerprint density at radius 1 is 1.09 bits per heavy atom. The van der Waals surface area contributed by atoms with Crippen molar-refractivity contribution in [3.8, 4) is 5.88 Å². The van der Waals surface area contributed by atoms with Gasteiger partial charge in [-0.05, 0) is 6.07 Å². The molecule has 1 aliphatic heterocycles. The molecule has 118 valence electrons. The lowest BCUT2D eigenvalue weighted by Gasteiger charge is -2.36. The van der Waals surface area contributed by atoms with Crippen molar-refractivity contribution >= 4 is 22.7 Å². The molecule has 0 spiro atoms. The number of ether oxygens (including phenoxy) is 1. The highest BCUT2D eigenvalue weighted by atomic mass is 16.5. The van der Waals surface area contributed by atoms with E-state index in [4.69, 9.17) is 4.74 Å². The number of pyridine rings is 1. The summed E-state index contributed by atoms with van der Waals surface area (Å²) in [6.07, 6.45) is 3.35. The molecule has 1 N–H and O–H groups in total. The minimum Gasteiger partial charge on any atom is -0.481 e. The van der Waals surface area contributed by atoms with Crippen LogP contribution in [0, 0.1) is 0 Å². The van der Waals surface area contributed by atoms with Crippen LogP contribution < -0.4 is 14.5 Å². The van der Waals surface area contributed by atoms with E-state index >= 15 is 0 Å². The topological polar surface area (TPSA) is 83.1 Å². The average Bonchev–Trinajstić information content (AvgIpc) is 3.11. The molecule has 0 bridgehead atoms. The maximum Gasteiger partial charge on any atom is 0.214 e. The van der Waals surface area contributed by atoms with Gasteiger partial charge < -0.3 is 14.5 Å². The average molecular weight is 311 g/mol. The van der Waals surface area contributed by atoms with Gasteiger partial charge in [0.25, 0.3) is 0 Å². The standard InChI is InChI=1S/C15H17N7O/c1-23-13-4-2-3-12(19-13)21-5-7-22(8-6-21)15-11-9-18-20-14(11)16-10-17-15/h2-4,9-10H,5-8H2,1H3,(H,16,17,18,20). The smallest absolute Gasteiger partial charge is 0.214 e. The molecule has 0 aromatic carbocycles. The van der Waals surface area contributed by atoms with Crippen molar-refractivity contribution in [1.82, 2.24) is 25.1 Å². The van der Waals surface area contributed by atoms with Crippen LogP contribution in [0.5, 0.6) is 5.88 Å². The molecule has 0 amide bonds. The number of nitrogens with one attached hydrogen (secondary N) is 1. The van der Waals surface area contributed by atoms with E-state index in [2.05, 4.69) is 34.9 Å². The van der Waals surface area contributed by atoms with Gasteiger partial charge in [-0.1, -0.05) is 6.07 Å². The van der Waals surface area contributed by atoms with Crippen molar-refractivity contribution in [3.05, 3.63) is 30.7 Å². The van der Waals surface area contributed by atoms with Gasteiger partial charge in [-0.15, -0.1) is 0 Å². The molecule has 1 fully saturated rings. The van der Waals surface area contributed by atoms with E-state index in [1.165, 1.54) is 0 Å². The first-order valence-electron chi connectivity index (χ1n) is 7.50. The predicted octanol–water partition coefficient (Wildman–Crippen LogP) is 1.08. The van der Waals surface area contributed by atoms with Crippen molar-refractivity contribution < 1.29 is 4.74 Å². The maximum absolute atomic E-state index is 5.20. The number of piperazine rings is 1. The molecule has 4 rings (SSSR count). The van der Waals surface area contributed by atoms with Crippen LogP contribution in [0.1, 0.15) is 0 Å². The first-order chi connectivity index (χ1) is 11.3. The summed E-state index contributed by atoms with van der Waals surface area (Å²) in [6.45, 7) is 3.50. The van der Waals surface area contributed by atoms with Gasteiger partial charge in [-0.25, -0.2) is 9.97 Å². The third-order valence-corrected chi connectivity index (χ3v) is 4.05. The fourth-order valence-electron chi connectivity index (χ4n) is 2.85. The number of H-pyrrole nitrogens is 1. The number of fused-ring (bicyclic) bond motifs is 1. The number of aromatic amines is 1. The highest BCUT2D eigenvalue weighted by molar-refractivity contribution is 5.86. The van der Waals surface area contributed by atoms with Gasteiger partial charge >= 0.3 is 0 Å². The van der Waals surface area contributed by atoms with Gasteiger partial charge in [0, 0.05) is 32.2 Å². The molecule has 8 nitrogen and oxygen atoms in total. The van der Waals surface area contributed by atoms with E-state index in [0.717, 1.165) is 48.8 Å². The summed E-state index contributed by atoms with van der Waals surface area (Å²) >= 11 is 0. The summed E-state index contributed by atoms with van der Waals surface area (Å²) in [5.41, 5.74) is 0.770. The van der Waals surface area contributed by atoms with Crippen LogP contribution in [0.3, 0.4) is 0 Å². The number of hydrogen-bond acceptors (Lipinski definition) is 7. The maximum atomic E-state index is 5.20. The summed E-state index contributed by atoms with van der Waals surface area (Å²) in [5, 5.41) is 7.89. The molecule has 23 heavy (non-hydrogen) atoms. The van der Waals surface area contributed by atoms with Crippen molar-refractivity contribution in [2.75, 3.05) is 43.1 Å². The molecule has 3 aromatic heterocycles. The number of aromatic nitrogens is 5. The molecule has 0 unspecified atom stereocenters. The summed E-state index contributed by atoms with van der Waals surface area (Å²) in [7, 11) is 1.63. The van der Waals surface area contributed by atoms with Crippen molar-refractivity contribution in [3.63, 3.8) is 0 Å². The van der Waals surface area contributed by atoms with Crippen LogP contribution in [0.2, 0.25) is 0 Å². The van der Waals surface area contributed by atoms with Gasteiger partial charge in [-0.3, -0.25) is 5.10 Å². The Kier molecular flexibility index (Phi) is 3.41. The minimum absolute atomic E-state index is 0.640. The zero-order chi connectivity index (χ0) is 15.6. The molecule has 0 saturated carbocycles. The Morgan fingerprint density at radius 3 is 2.74 bits per heavy atom. The van der Waals surface area contributed by atoms with Crippen LogP contribution in [0.4, 0.5) is 11.6 Å². The van der Waals surface area contributed by atoms with Crippen molar-refractivity contribution in [1.29, 1.82) is 0 Å². The number of hydrogen-bond donors (Lipinski definition) is 1. The predicted molar refractivity (Wildman–Crippen MR) is 86.9 cm³/mol. The Morgan fingerprint density at radius 2 is 1.91 bits per heavy atom. The van der Waals surface area contributed by atoms with Crippen LogP contribution in [0.25, 0.3) is 11.0 Å². The fraction of sp³-hybridized carbons (Fsp3) is 0.333. The van der Waals surface area contributed by atoms with Crippen LogP contribution in [0.15, 0.2) is 30.7 Å². The van der Waals surface area contributed by atoms with Crippen molar-refractivity contribution in [2.24, 2.45) is 0 Å². The molecule has 4 heterocycles. The van der Waals surface area contributed by atoms with E-state index in [1.54, 1.807) is 19.6 Å². The molecular formula is C15H17N7O. The normalized spacial score (nSPS) is 15.2. The second-order valence-electron chi connectivity index (χ2n) is 5.34. The summed E-state index contributed by atoms with van der Waals surface area (Å²) in [5.74, 6) is 2.52. The summed E-state index contributed by atoms with van der Waals surface area (Å²) in [4.78, 5) is 17.6. The lowest BCUT2D eigenvalue weighted by atomic mass is 10.2. The first-order valence-corrected chi connectivity index (χ1v) is 7.50. The van der Waals surface area contributed by atoms with Crippen LogP contribution in [-0.4, -0.2) is 58.4 Å². The second kappa shape index (κ2) is 5.71. The van der Waals surface area contributed by atoms with Gasteiger partial charge in [0.15, 0.2) is 5.65 Å². The third kappa shape index (κ3) is 2.52. The van der Waals surface area contributed by atoms with E-state index < -0.39 is 0 Å². The lowest BCUT2D eigenvalue weighted by Crippen LogP contribution is -2.47. The molecule has 1 aliphatic rings. The highest BCUT2D eigenvalue weighted by Gasteiger charge is 2.21. The van der Waals surface area contributed by atoms with Gasteiger partial charge in [0.2, 0.25) is 5.88 Å². The molecule has 1 saturated heterocycles. The Labute approximate surface area is 133 Å². The Hall–Kier alpha value is -2.90. The zero-order valence-corrected chi connectivity index (χ0v) is 12.8. The second-order valence-corrected chi connectivity index (χ2v) is 5.34. The third-order valence-electron chi connectivity index (χ3n) is 4.05. The molecule has 3 aromatic rings. The van der Waals surface area contributed by atoms with E-state index in [-0.39, 0.29) is 0 Å². The first kappa shape index (κ1) is 13.7. The Balaban J connectivity index is 1.51. The molecule has 0 atom stereocenters. The van der Waals surface area contributed by atoms with E-state index in [1.807, 2.05) is 18.2 Å². The fourth-order valence-corrected chi connectivity index (χ4v) is 2.85. The summed E-state index contributed by atoms with van der Waals surface area (Å²) in [6, 6.07) is 5.83. The zero-order valence-electron chi connectivity index (χ0n) is 12.8. The quantitative estimate of drug-likeness (QED) is 0.775. The molecule has 0 aliphatic carbocycles. The van der Waals surface area contributed by atoms with E-state index in [0.29, 0.717) is 5.88 Å². The van der Waals surface area contributed by atoms with Gasteiger partial charge in [0.05, 0.1) is 18.7 Å². The number of methoxy groups -OCH3 is 1. The van der Waals surface area contributed by atoms with Crippen molar-refractivity contribution in [2.45, 2.75) is 0 Å². The number of anilines is 2. The van der Waals surface area contributed by atoms with Crippen LogP contribution >= 0.6 is 0 Å².